The van der Waals surface area contributed by atoms with E-state index in [0.717, 1.165) is 18.8 Å². The summed E-state index contributed by atoms with van der Waals surface area (Å²) in [5, 5.41) is 12.4. The lowest BCUT2D eigenvalue weighted by atomic mass is 9.97. The highest BCUT2D eigenvalue weighted by Crippen LogP contribution is 2.25. The molecule has 0 fully saturated rings. The van der Waals surface area contributed by atoms with Gasteiger partial charge in [0.2, 0.25) is 5.91 Å². The summed E-state index contributed by atoms with van der Waals surface area (Å²) in [5.41, 5.74) is 0.460. The smallest absolute Gasteiger partial charge is 0.228 e. The zero-order valence-corrected chi connectivity index (χ0v) is 10.4. The van der Waals surface area contributed by atoms with Gasteiger partial charge >= 0.3 is 0 Å². The minimum absolute atomic E-state index is 0.0595. The van der Waals surface area contributed by atoms with Crippen LogP contribution < -0.4 is 5.32 Å². The standard InChI is InChI=1S/C14H15N3O2/c18-12-4-2-1-3-11(12)16-14(19)10-5-7-17-8-6-15-13(17)9-10/h1-4,6,8,10,18H,5,7,9H2,(H,16,19). The Labute approximate surface area is 110 Å². The molecule has 3 rings (SSSR count). The SMILES string of the molecule is O=C(Nc1ccccc1O)C1CCn2ccnc2C1. The van der Waals surface area contributed by atoms with Crippen LogP contribution in [0.1, 0.15) is 12.2 Å². The molecule has 2 N–H and O–H groups in total. The van der Waals surface area contributed by atoms with Crippen LogP contribution in [0.5, 0.6) is 5.75 Å². The first-order valence-corrected chi connectivity index (χ1v) is 6.33. The van der Waals surface area contributed by atoms with Crippen molar-refractivity contribution in [2.45, 2.75) is 19.4 Å². The van der Waals surface area contributed by atoms with Gasteiger partial charge < -0.3 is 15.0 Å². The summed E-state index contributed by atoms with van der Waals surface area (Å²) in [6.45, 7) is 0.814. The molecular formula is C14H15N3O2. The van der Waals surface area contributed by atoms with Gasteiger partial charge in [0, 0.05) is 31.3 Å². The average Bonchev–Trinajstić information content (AvgIpc) is 2.88. The number of fused-ring (bicyclic) bond motifs is 1. The molecule has 1 atom stereocenters. The van der Waals surface area contributed by atoms with E-state index >= 15 is 0 Å². The van der Waals surface area contributed by atoms with Gasteiger partial charge in [-0.2, -0.15) is 0 Å². The maximum absolute atomic E-state index is 12.2. The highest BCUT2D eigenvalue weighted by Gasteiger charge is 2.25. The van der Waals surface area contributed by atoms with Crippen LogP contribution in [0.15, 0.2) is 36.7 Å². The Morgan fingerprint density at radius 3 is 3.11 bits per heavy atom. The van der Waals surface area contributed by atoms with Crippen LogP contribution in [0, 0.1) is 5.92 Å². The van der Waals surface area contributed by atoms with Gasteiger partial charge in [-0.25, -0.2) is 4.98 Å². The van der Waals surface area contributed by atoms with Crippen molar-refractivity contribution in [1.29, 1.82) is 0 Å². The van der Waals surface area contributed by atoms with Crippen molar-refractivity contribution < 1.29 is 9.90 Å². The van der Waals surface area contributed by atoms with Crippen LogP contribution in [0.3, 0.4) is 0 Å². The highest BCUT2D eigenvalue weighted by atomic mass is 16.3. The number of nitrogens with one attached hydrogen (secondary N) is 1. The molecule has 19 heavy (non-hydrogen) atoms. The van der Waals surface area contributed by atoms with Gasteiger partial charge in [-0.3, -0.25) is 4.79 Å². The van der Waals surface area contributed by atoms with Crippen LogP contribution in [-0.4, -0.2) is 20.6 Å². The summed E-state index contributed by atoms with van der Waals surface area (Å²) in [6, 6.07) is 6.76. The van der Waals surface area contributed by atoms with Crippen molar-refractivity contribution in [2.75, 3.05) is 5.32 Å². The number of anilines is 1. The molecule has 1 aliphatic heterocycles. The molecule has 0 bridgehead atoms. The number of amides is 1. The monoisotopic (exact) mass is 257 g/mol. The van der Waals surface area contributed by atoms with Crippen molar-refractivity contribution >= 4 is 11.6 Å². The molecule has 5 heteroatoms. The van der Waals surface area contributed by atoms with Crippen molar-refractivity contribution in [3.8, 4) is 5.75 Å². The van der Waals surface area contributed by atoms with Crippen LogP contribution in [-0.2, 0) is 17.8 Å². The van der Waals surface area contributed by atoms with Gasteiger partial charge in [0.15, 0.2) is 0 Å². The fourth-order valence-corrected chi connectivity index (χ4v) is 2.39. The number of carbonyl (C=O) groups is 1. The summed E-state index contributed by atoms with van der Waals surface area (Å²) in [7, 11) is 0. The van der Waals surface area contributed by atoms with Crippen molar-refractivity contribution in [1.82, 2.24) is 9.55 Å². The van der Waals surface area contributed by atoms with Crippen LogP contribution in [0.2, 0.25) is 0 Å². The zero-order valence-electron chi connectivity index (χ0n) is 10.4. The number of aromatic nitrogens is 2. The van der Waals surface area contributed by atoms with Crippen LogP contribution in [0.25, 0.3) is 0 Å². The molecule has 2 aromatic rings. The number of hydrogen-bond donors (Lipinski definition) is 2. The molecule has 1 aliphatic rings. The Morgan fingerprint density at radius 2 is 2.26 bits per heavy atom. The minimum atomic E-state index is -0.0884. The van der Waals surface area contributed by atoms with E-state index in [-0.39, 0.29) is 17.6 Å². The van der Waals surface area contributed by atoms with Gasteiger partial charge in [-0.15, -0.1) is 0 Å². The lowest BCUT2D eigenvalue weighted by Crippen LogP contribution is -2.30. The maximum Gasteiger partial charge on any atom is 0.228 e. The lowest BCUT2D eigenvalue weighted by Gasteiger charge is -2.22. The third-order valence-electron chi connectivity index (χ3n) is 3.48. The van der Waals surface area contributed by atoms with E-state index in [4.69, 9.17) is 0 Å². The van der Waals surface area contributed by atoms with Crippen LogP contribution >= 0.6 is 0 Å². The second-order valence-electron chi connectivity index (χ2n) is 4.73. The zero-order chi connectivity index (χ0) is 13.2. The number of phenolic OH excluding ortho intramolecular Hbond substituents is 1. The summed E-state index contributed by atoms with van der Waals surface area (Å²) < 4.78 is 2.07. The quantitative estimate of drug-likeness (QED) is 0.806. The third kappa shape index (κ3) is 2.31. The largest absolute Gasteiger partial charge is 0.506 e. The first-order valence-electron chi connectivity index (χ1n) is 6.33. The van der Waals surface area contributed by atoms with Gasteiger partial charge in [-0.05, 0) is 18.6 Å². The number of aryl methyl sites for hydroxylation is 1. The van der Waals surface area contributed by atoms with Gasteiger partial charge in [0.25, 0.3) is 0 Å². The van der Waals surface area contributed by atoms with E-state index in [0.29, 0.717) is 12.1 Å². The Kier molecular flexibility index (Phi) is 2.95. The second-order valence-corrected chi connectivity index (χ2v) is 4.73. The Balaban J connectivity index is 1.71. The van der Waals surface area contributed by atoms with E-state index in [1.807, 2.05) is 6.20 Å². The fourth-order valence-electron chi connectivity index (χ4n) is 2.39. The predicted octanol–water partition coefficient (Wildman–Crippen LogP) is 1.79. The van der Waals surface area contributed by atoms with E-state index < -0.39 is 0 Å². The van der Waals surface area contributed by atoms with E-state index in [9.17, 15) is 9.90 Å². The molecule has 0 aliphatic carbocycles. The molecular weight excluding hydrogens is 242 g/mol. The number of benzene rings is 1. The number of carbonyl (C=O) groups excluding carboxylic acids is 1. The summed E-state index contributed by atoms with van der Waals surface area (Å²) in [4.78, 5) is 16.4. The van der Waals surface area contributed by atoms with Crippen molar-refractivity contribution in [2.24, 2.45) is 5.92 Å². The van der Waals surface area contributed by atoms with Gasteiger partial charge in [-0.1, -0.05) is 12.1 Å². The number of phenols is 1. The fraction of sp³-hybridized carbons (Fsp3) is 0.286. The highest BCUT2D eigenvalue weighted by molar-refractivity contribution is 5.94. The first kappa shape index (κ1) is 11.8. The molecule has 1 unspecified atom stereocenters. The maximum atomic E-state index is 12.2. The van der Waals surface area contributed by atoms with E-state index in [1.165, 1.54) is 0 Å². The molecule has 0 radical (unpaired) electrons. The lowest BCUT2D eigenvalue weighted by molar-refractivity contribution is -0.120. The average molecular weight is 257 g/mol. The summed E-state index contributed by atoms with van der Waals surface area (Å²) in [5.74, 6) is 0.891. The molecule has 0 spiro atoms. The van der Waals surface area contributed by atoms with Crippen molar-refractivity contribution in [3.05, 3.63) is 42.5 Å². The molecule has 2 heterocycles. The molecule has 1 aromatic heterocycles. The molecule has 5 nitrogen and oxygen atoms in total. The topological polar surface area (TPSA) is 67.2 Å². The van der Waals surface area contributed by atoms with Gasteiger partial charge in [0.05, 0.1) is 5.69 Å². The number of imidazole rings is 1. The van der Waals surface area contributed by atoms with Gasteiger partial charge in [0.1, 0.15) is 11.6 Å². The molecule has 0 saturated heterocycles. The Hall–Kier alpha value is -2.30. The van der Waals surface area contributed by atoms with Crippen molar-refractivity contribution in [3.63, 3.8) is 0 Å². The third-order valence-corrected chi connectivity index (χ3v) is 3.48. The number of aromatic hydroxyl groups is 1. The molecule has 1 aromatic carbocycles. The molecule has 1 amide bonds. The number of nitrogens with zero attached hydrogens (tertiary/aromatic N) is 2. The normalized spacial score (nSPS) is 17.8. The Morgan fingerprint density at radius 1 is 1.42 bits per heavy atom. The molecule has 0 saturated carbocycles. The number of hydrogen-bond acceptors (Lipinski definition) is 3. The van der Waals surface area contributed by atoms with Crippen LogP contribution in [0.4, 0.5) is 5.69 Å². The summed E-state index contributed by atoms with van der Waals surface area (Å²) in [6.07, 6.45) is 5.14. The number of para-hydroxylation sites is 2. The molecule has 98 valence electrons. The summed E-state index contributed by atoms with van der Waals surface area (Å²) >= 11 is 0. The minimum Gasteiger partial charge on any atom is -0.506 e. The first-order chi connectivity index (χ1) is 9.24. The van der Waals surface area contributed by atoms with E-state index in [1.54, 1.807) is 30.5 Å². The van der Waals surface area contributed by atoms with E-state index in [2.05, 4.69) is 14.9 Å². The second kappa shape index (κ2) is 4.76. The number of rotatable bonds is 2. The predicted molar refractivity (Wildman–Crippen MR) is 70.8 cm³/mol. The Bertz CT molecular complexity index is 606.